The summed E-state index contributed by atoms with van der Waals surface area (Å²) in [7, 11) is -3.58. The summed E-state index contributed by atoms with van der Waals surface area (Å²) in [5.41, 5.74) is 1.96. The Balaban J connectivity index is 1.63. The van der Waals surface area contributed by atoms with Crippen LogP contribution >= 0.6 is 0 Å². The molecule has 3 rings (SSSR count). The fourth-order valence-corrected chi connectivity index (χ4v) is 3.48. The van der Waals surface area contributed by atoms with Crippen LogP contribution in [0.4, 0.5) is 0 Å². The number of hydrogen-bond donors (Lipinski definition) is 2. The number of ether oxygens (including phenoxy) is 1. The van der Waals surface area contributed by atoms with Gasteiger partial charge in [-0.2, -0.15) is 0 Å². The van der Waals surface area contributed by atoms with E-state index in [2.05, 4.69) is 9.71 Å². The van der Waals surface area contributed by atoms with Crippen LogP contribution in [-0.4, -0.2) is 26.6 Å². The number of hydrogen-bond acceptors (Lipinski definition) is 5. The third-order valence-corrected chi connectivity index (χ3v) is 5.11. The van der Waals surface area contributed by atoms with Crippen molar-refractivity contribution in [1.82, 2.24) is 9.71 Å². The van der Waals surface area contributed by atoms with Crippen molar-refractivity contribution in [2.24, 2.45) is 0 Å². The van der Waals surface area contributed by atoms with Crippen molar-refractivity contribution in [3.63, 3.8) is 0 Å². The Kier molecular flexibility index (Phi) is 4.91. The predicted molar refractivity (Wildman–Crippen MR) is 93.3 cm³/mol. The molecular weight excluding hydrogens is 344 g/mol. The Morgan fingerprint density at radius 3 is 2.64 bits per heavy atom. The van der Waals surface area contributed by atoms with Crippen molar-refractivity contribution in [3.8, 4) is 5.75 Å². The molecule has 0 spiro atoms. The van der Waals surface area contributed by atoms with Gasteiger partial charge in [-0.3, -0.25) is 4.98 Å². The van der Waals surface area contributed by atoms with Gasteiger partial charge in [-0.25, -0.2) is 17.9 Å². The zero-order chi connectivity index (χ0) is 17.9. The van der Waals surface area contributed by atoms with Gasteiger partial charge in [-0.05, 0) is 55.3 Å². The van der Waals surface area contributed by atoms with Crippen molar-refractivity contribution in [3.05, 3.63) is 58.6 Å². The van der Waals surface area contributed by atoms with Crippen molar-refractivity contribution in [2.45, 2.75) is 18.2 Å². The maximum atomic E-state index is 12.3. The molecule has 0 radical (unpaired) electrons. The average molecular weight is 362 g/mol. The summed E-state index contributed by atoms with van der Waals surface area (Å²) >= 11 is 0. The zero-order valence-corrected chi connectivity index (χ0v) is 14.4. The molecule has 1 heterocycles. The second-order valence-corrected chi connectivity index (χ2v) is 7.16. The van der Waals surface area contributed by atoms with Crippen LogP contribution in [0.5, 0.6) is 5.75 Å². The minimum Gasteiger partial charge on any atom is -0.494 e. The third-order valence-electron chi connectivity index (χ3n) is 3.63. The maximum Gasteiger partial charge on any atom is 0.417 e. The normalized spacial score (nSPS) is 11.7. The molecule has 0 fully saturated rings. The van der Waals surface area contributed by atoms with Crippen LogP contribution < -0.4 is 15.2 Å². The Morgan fingerprint density at radius 2 is 1.92 bits per heavy atom. The number of oxazole rings is 1. The molecule has 0 atom stereocenters. The highest BCUT2D eigenvalue weighted by atomic mass is 32.2. The summed E-state index contributed by atoms with van der Waals surface area (Å²) in [5.74, 6) is 0.118. The summed E-state index contributed by atoms with van der Waals surface area (Å²) in [6, 6.07) is 11.5. The van der Waals surface area contributed by atoms with Gasteiger partial charge in [0.2, 0.25) is 10.0 Å². The maximum absolute atomic E-state index is 12.3. The van der Waals surface area contributed by atoms with Crippen LogP contribution in [-0.2, 0) is 16.4 Å². The molecule has 2 N–H and O–H groups in total. The summed E-state index contributed by atoms with van der Waals surface area (Å²) < 4.78 is 37.4. The summed E-state index contributed by atoms with van der Waals surface area (Å²) in [5, 5.41) is 0. The highest BCUT2D eigenvalue weighted by Gasteiger charge is 2.13. The highest BCUT2D eigenvalue weighted by molar-refractivity contribution is 7.89. The van der Waals surface area contributed by atoms with Gasteiger partial charge in [0.05, 0.1) is 17.0 Å². The topological polar surface area (TPSA) is 101 Å². The Morgan fingerprint density at radius 1 is 1.16 bits per heavy atom. The first-order chi connectivity index (χ1) is 12.0. The van der Waals surface area contributed by atoms with E-state index in [-0.39, 0.29) is 11.4 Å². The molecule has 132 valence electrons. The smallest absolute Gasteiger partial charge is 0.417 e. The number of rotatable bonds is 7. The molecular formula is C17H18N2O5S. The number of aromatic amines is 1. The number of nitrogens with one attached hydrogen (secondary N) is 2. The van der Waals surface area contributed by atoms with Crippen LogP contribution in [0.1, 0.15) is 12.5 Å². The van der Waals surface area contributed by atoms with E-state index in [9.17, 15) is 13.2 Å². The highest BCUT2D eigenvalue weighted by Crippen LogP contribution is 2.16. The van der Waals surface area contributed by atoms with Crippen LogP contribution in [0.25, 0.3) is 11.1 Å². The van der Waals surface area contributed by atoms with Crippen LogP contribution in [0.3, 0.4) is 0 Å². The van der Waals surface area contributed by atoms with Gasteiger partial charge >= 0.3 is 5.76 Å². The van der Waals surface area contributed by atoms with E-state index in [0.29, 0.717) is 29.9 Å². The van der Waals surface area contributed by atoms with Gasteiger partial charge in [-0.1, -0.05) is 6.07 Å². The minimum atomic E-state index is -3.58. The van der Waals surface area contributed by atoms with Gasteiger partial charge in [-0.15, -0.1) is 0 Å². The van der Waals surface area contributed by atoms with Crippen molar-refractivity contribution < 1.29 is 17.6 Å². The number of aromatic nitrogens is 1. The van der Waals surface area contributed by atoms with Gasteiger partial charge < -0.3 is 9.15 Å². The molecule has 0 aliphatic heterocycles. The molecule has 0 aliphatic rings. The quantitative estimate of drug-likeness (QED) is 0.670. The second kappa shape index (κ2) is 7.12. The lowest BCUT2D eigenvalue weighted by Gasteiger charge is -2.08. The Hall–Kier alpha value is -2.58. The fourth-order valence-electron chi connectivity index (χ4n) is 2.45. The van der Waals surface area contributed by atoms with Gasteiger partial charge in [0.1, 0.15) is 5.75 Å². The number of sulfonamides is 1. The van der Waals surface area contributed by atoms with Crippen LogP contribution in [0, 0.1) is 0 Å². The van der Waals surface area contributed by atoms with Gasteiger partial charge in [0.25, 0.3) is 0 Å². The first-order valence-electron chi connectivity index (χ1n) is 7.82. The molecule has 0 saturated carbocycles. The number of H-pyrrole nitrogens is 1. The van der Waals surface area contributed by atoms with E-state index in [1.165, 1.54) is 12.1 Å². The number of benzene rings is 2. The molecule has 0 amide bonds. The van der Waals surface area contributed by atoms with E-state index in [1.807, 2.05) is 6.92 Å². The summed E-state index contributed by atoms with van der Waals surface area (Å²) in [6.07, 6.45) is 0.486. The first kappa shape index (κ1) is 17.2. The third kappa shape index (κ3) is 4.09. The molecule has 0 bridgehead atoms. The van der Waals surface area contributed by atoms with E-state index in [4.69, 9.17) is 9.15 Å². The molecule has 2 aromatic carbocycles. The standard InChI is InChI=1S/C17H18N2O5S/c1-2-23-13-4-6-14(7-5-13)25(21,22)18-10-9-12-3-8-16-15(11-12)19-17(20)24-16/h3-8,11,18H,2,9-10H2,1H3,(H,19,20). The lowest BCUT2D eigenvalue weighted by molar-refractivity contribution is 0.340. The summed E-state index contributed by atoms with van der Waals surface area (Å²) in [4.78, 5) is 13.9. The zero-order valence-electron chi connectivity index (χ0n) is 13.6. The van der Waals surface area contributed by atoms with E-state index < -0.39 is 15.8 Å². The van der Waals surface area contributed by atoms with E-state index in [0.717, 1.165) is 5.56 Å². The number of fused-ring (bicyclic) bond motifs is 1. The minimum absolute atomic E-state index is 0.186. The van der Waals surface area contributed by atoms with Crippen LogP contribution in [0.15, 0.2) is 56.6 Å². The summed E-state index contributed by atoms with van der Waals surface area (Å²) in [6.45, 7) is 2.63. The largest absolute Gasteiger partial charge is 0.494 e. The first-order valence-corrected chi connectivity index (χ1v) is 9.30. The van der Waals surface area contributed by atoms with Crippen LogP contribution in [0.2, 0.25) is 0 Å². The molecule has 8 heteroatoms. The SMILES string of the molecule is CCOc1ccc(S(=O)(=O)NCCc2ccc3oc(=O)[nH]c3c2)cc1. The molecule has 0 aliphatic carbocycles. The monoisotopic (exact) mass is 362 g/mol. The second-order valence-electron chi connectivity index (χ2n) is 5.40. The predicted octanol–water partition coefficient (Wildman–Crippen LogP) is 2.04. The molecule has 25 heavy (non-hydrogen) atoms. The van der Waals surface area contributed by atoms with Crippen molar-refractivity contribution in [1.29, 1.82) is 0 Å². The van der Waals surface area contributed by atoms with Gasteiger partial charge in [0.15, 0.2) is 5.58 Å². The lowest BCUT2D eigenvalue weighted by atomic mass is 10.1. The van der Waals surface area contributed by atoms with Crippen molar-refractivity contribution in [2.75, 3.05) is 13.2 Å². The van der Waals surface area contributed by atoms with E-state index in [1.54, 1.807) is 30.3 Å². The molecule has 3 aromatic rings. The average Bonchev–Trinajstić information content (AvgIpc) is 2.95. The fraction of sp³-hybridized carbons (Fsp3) is 0.235. The lowest BCUT2D eigenvalue weighted by Crippen LogP contribution is -2.25. The van der Waals surface area contributed by atoms with Crippen molar-refractivity contribution >= 4 is 21.1 Å². The molecule has 0 unspecified atom stereocenters. The molecule has 0 saturated heterocycles. The van der Waals surface area contributed by atoms with E-state index >= 15 is 0 Å². The Bertz CT molecular complexity index is 1020. The Labute approximate surface area is 144 Å². The molecule has 1 aromatic heterocycles. The molecule has 7 nitrogen and oxygen atoms in total. The van der Waals surface area contributed by atoms with Gasteiger partial charge in [0, 0.05) is 6.54 Å².